The summed E-state index contributed by atoms with van der Waals surface area (Å²) < 4.78 is 1.59. The van der Waals surface area contributed by atoms with E-state index in [9.17, 15) is 4.79 Å². The smallest absolute Gasteiger partial charge is 0.257 e. The van der Waals surface area contributed by atoms with Crippen molar-refractivity contribution in [3.05, 3.63) is 47.2 Å². The number of anilines is 1. The second-order valence-electron chi connectivity index (χ2n) is 4.39. The van der Waals surface area contributed by atoms with Crippen LogP contribution in [0, 0.1) is 13.8 Å². The second-order valence-corrected chi connectivity index (χ2v) is 4.39. The Balaban J connectivity index is 2.22. The number of aliphatic hydroxyl groups is 1. The van der Waals surface area contributed by atoms with Crippen LogP contribution in [0.4, 0.5) is 5.82 Å². The first-order valence-corrected chi connectivity index (χ1v) is 6.14. The number of carbonyl (C=O) groups excluding carboxylic acids is 1. The molecule has 2 aromatic rings. The number of carbonyl (C=O) groups is 1. The summed E-state index contributed by atoms with van der Waals surface area (Å²) in [7, 11) is 0. The fourth-order valence-electron chi connectivity index (χ4n) is 1.92. The fourth-order valence-corrected chi connectivity index (χ4v) is 1.92. The van der Waals surface area contributed by atoms with Crippen molar-refractivity contribution in [1.29, 1.82) is 0 Å². The molecule has 0 saturated carbocycles. The van der Waals surface area contributed by atoms with Gasteiger partial charge in [0.05, 0.1) is 18.8 Å². The van der Waals surface area contributed by atoms with E-state index in [4.69, 9.17) is 5.11 Å². The van der Waals surface area contributed by atoms with Crippen LogP contribution in [0.1, 0.15) is 21.6 Å². The normalized spacial score (nSPS) is 10.5. The van der Waals surface area contributed by atoms with Gasteiger partial charge in [-0.15, -0.1) is 0 Å². The van der Waals surface area contributed by atoms with Gasteiger partial charge in [-0.05, 0) is 25.5 Å². The number of aryl methyl sites for hydroxylation is 2. The van der Waals surface area contributed by atoms with Crippen LogP contribution in [0.5, 0.6) is 0 Å². The minimum Gasteiger partial charge on any atom is -0.394 e. The molecule has 0 aliphatic carbocycles. The van der Waals surface area contributed by atoms with Crippen LogP contribution in [0.25, 0.3) is 0 Å². The molecular formula is C14H17N3O2. The van der Waals surface area contributed by atoms with Gasteiger partial charge in [0.2, 0.25) is 0 Å². The number of aromatic nitrogens is 2. The molecule has 0 aliphatic rings. The molecular weight excluding hydrogens is 242 g/mol. The van der Waals surface area contributed by atoms with Gasteiger partial charge < -0.3 is 10.4 Å². The van der Waals surface area contributed by atoms with Crippen molar-refractivity contribution in [1.82, 2.24) is 9.78 Å². The topological polar surface area (TPSA) is 67.2 Å². The van der Waals surface area contributed by atoms with Crippen LogP contribution in [0.2, 0.25) is 0 Å². The van der Waals surface area contributed by atoms with Gasteiger partial charge in [0, 0.05) is 11.6 Å². The first kappa shape index (κ1) is 13.3. The highest BCUT2D eigenvalue weighted by Crippen LogP contribution is 2.13. The summed E-state index contributed by atoms with van der Waals surface area (Å²) in [5.41, 5.74) is 2.36. The number of nitrogens with zero attached hydrogens (tertiary/aromatic N) is 2. The lowest BCUT2D eigenvalue weighted by Gasteiger charge is -2.09. The van der Waals surface area contributed by atoms with Gasteiger partial charge in [0.25, 0.3) is 5.91 Å². The van der Waals surface area contributed by atoms with Crippen LogP contribution in [-0.2, 0) is 6.54 Å². The summed E-state index contributed by atoms with van der Waals surface area (Å²) in [6.45, 7) is 4.08. The van der Waals surface area contributed by atoms with Crippen molar-refractivity contribution in [3.8, 4) is 0 Å². The van der Waals surface area contributed by atoms with E-state index in [1.807, 2.05) is 32.0 Å². The molecule has 0 atom stereocenters. The van der Waals surface area contributed by atoms with Crippen LogP contribution < -0.4 is 5.32 Å². The van der Waals surface area contributed by atoms with Gasteiger partial charge >= 0.3 is 0 Å². The quantitative estimate of drug-likeness (QED) is 0.879. The van der Waals surface area contributed by atoms with Crippen LogP contribution in [-0.4, -0.2) is 27.4 Å². The van der Waals surface area contributed by atoms with E-state index in [-0.39, 0.29) is 12.5 Å². The van der Waals surface area contributed by atoms with Crippen LogP contribution >= 0.6 is 0 Å². The van der Waals surface area contributed by atoms with Gasteiger partial charge in [-0.25, -0.2) is 4.68 Å². The van der Waals surface area contributed by atoms with Crippen molar-refractivity contribution in [2.24, 2.45) is 0 Å². The Hall–Kier alpha value is -2.14. The molecule has 19 heavy (non-hydrogen) atoms. The van der Waals surface area contributed by atoms with Crippen LogP contribution in [0.3, 0.4) is 0 Å². The number of rotatable bonds is 4. The monoisotopic (exact) mass is 259 g/mol. The maximum atomic E-state index is 12.2. The van der Waals surface area contributed by atoms with Gasteiger partial charge in [0.15, 0.2) is 0 Å². The van der Waals surface area contributed by atoms with Gasteiger partial charge in [0.1, 0.15) is 5.82 Å². The number of hydrogen-bond donors (Lipinski definition) is 2. The largest absolute Gasteiger partial charge is 0.394 e. The maximum Gasteiger partial charge on any atom is 0.257 e. The highest BCUT2D eigenvalue weighted by molar-refractivity contribution is 6.04. The Morgan fingerprint density at radius 2 is 2.11 bits per heavy atom. The summed E-state index contributed by atoms with van der Waals surface area (Å²) in [6.07, 6.45) is 0. The lowest BCUT2D eigenvalue weighted by molar-refractivity contribution is 0.102. The molecule has 0 unspecified atom stereocenters. The molecule has 1 amide bonds. The van der Waals surface area contributed by atoms with E-state index in [2.05, 4.69) is 10.4 Å². The van der Waals surface area contributed by atoms with Gasteiger partial charge in [-0.1, -0.05) is 18.2 Å². The molecule has 1 aromatic carbocycles. The highest BCUT2D eigenvalue weighted by Gasteiger charge is 2.12. The molecule has 2 rings (SSSR count). The number of nitrogens with one attached hydrogen (secondary N) is 1. The zero-order valence-corrected chi connectivity index (χ0v) is 11.1. The Bertz CT molecular complexity index is 590. The Morgan fingerprint density at radius 1 is 1.37 bits per heavy atom. The zero-order valence-electron chi connectivity index (χ0n) is 11.1. The average Bonchev–Trinajstić information content (AvgIpc) is 2.70. The first-order chi connectivity index (χ1) is 9.11. The summed E-state index contributed by atoms with van der Waals surface area (Å²) in [5, 5.41) is 16.0. The molecule has 0 bridgehead atoms. The van der Waals surface area contributed by atoms with Crippen molar-refractivity contribution in [2.45, 2.75) is 20.4 Å². The first-order valence-electron chi connectivity index (χ1n) is 6.14. The number of hydrogen-bond acceptors (Lipinski definition) is 3. The van der Waals surface area contributed by atoms with E-state index in [0.29, 0.717) is 17.9 Å². The Kier molecular flexibility index (Phi) is 3.97. The zero-order chi connectivity index (χ0) is 13.8. The van der Waals surface area contributed by atoms with Crippen molar-refractivity contribution in [2.75, 3.05) is 11.9 Å². The van der Waals surface area contributed by atoms with Gasteiger partial charge in [-0.2, -0.15) is 5.10 Å². The average molecular weight is 259 g/mol. The predicted octanol–water partition coefficient (Wildman–Crippen LogP) is 1.74. The maximum absolute atomic E-state index is 12.2. The van der Waals surface area contributed by atoms with E-state index in [1.165, 1.54) is 0 Å². The molecule has 0 aliphatic heterocycles. The molecule has 100 valence electrons. The van der Waals surface area contributed by atoms with Crippen LogP contribution in [0.15, 0.2) is 30.3 Å². The Morgan fingerprint density at radius 3 is 2.79 bits per heavy atom. The van der Waals surface area contributed by atoms with E-state index >= 15 is 0 Å². The molecule has 5 heteroatoms. The fraction of sp³-hybridized carbons (Fsp3) is 0.286. The van der Waals surface area contributed by atoms with Crippen molar-refractivity contribution in [3.63, 3.8) is 0 Å². The van der Waals surface area contributed by atoms with E-state index < -0.39 is 0 Å². The summed E-state index contributed by atoms with van der Waals surface area (Å²) in [4.78, 5) is 12.2. The van der Waals surface area contributed by atoms with E-state index in [0.717, 1.165) is 11.3 Å². The lowest BCUT2D eigenvalue weighted by atomic mass is 10.1. The highest BCUT2D eigenvalue weighted by atomic mass is 16.3. The summed E-state index contributed by atoms with van der Waals surface area (Å²) in [6, 6.07) is 9.19. The van der Waals surface area contributed by atoms with E-state index in [1.54, 1.807) is 16.8 Å². The minimum absolute atomic E-state index is 0.0195. The molecule has 0 spiro atoms. The molecule has 0 radical (unpaired) electrons. The second kappa shape index (κ2) is 5.67. The number of benzene rings is 1. The molecule has 5 nitrogen and oxygen atoms in total. The summed E-state index contributed by atoms with van der Waals surface area (Å²) in [5.74, 6) is 0.428. The lowest BCUT2D eigenvalue weighted by Crippen LogP contribution is -2.17. The van der Waals surface area contributed by atoms with Crippen molar-refractivity contribution >= 4 is 11.7 Å². The SMILES string of the molecule is Cc1cc(NC(=O)c2ccccc2C)n(CCO)n1. The molecule has 2 N–H and O–H groups in total. The number of amides is 1. The standard InChI is InChI=1S/C14H17N3O2/c1-10-5-3-4-6-12(10)14(19)15-13-9-11(2)16-17(13)7-8-18/h3-6,9,18H,7-8H2,1-2H3,(H,15,19). The number of aliphatic hydroxyl groups excluding tert-OH is 1. The third kappa shape index (κ3) is 3.00. The van der Waals surface area contributed by atoms with Crippen molar-refractivity contribution < 1.29 is 9.90 Å². The molecule has 1 heterocycles. The third-order valence-corrected chi connectivity index (χ3v) is 2.85. The Labute approximate surface area is 111 Å². The predicted molar refractivity (Wildman–Crippen MR) is 73.2 cm³/mol. The molecule has 0 fully saturated rings. The molecule has 0 saturated heterocycles. The molecule has 1 aromatic heterocycles. The van der Waals surface area contributed by atoms with Gasteiger partial charge in [-0.3, -0.25) is 4.79 Å². The third-order valence-electron chi connectivity index (χ3n) is 2.85. The minimum atomic E-state index is -0.169. The summed E-state index contributed by atoms with van der Waals surface area (Å²) >= 11 is 0.